The van der Waals surface area contributed by atoms with Gasteiger partial charge in [-0.05, 0) is 18.2 Å². The number of rotatable bonds is 3. The van der Waals surface area contributed by atoms with Crippen molar-refractivity contribution in [2.45, 2.75) is 19.4 Å². The molecule has 0 spiro atoms. The summed E-state index contributed by atoms with van der Waals surface area (Å²) in [4.78, 5) is 12.5. The largest absolute Gasteiger partial charge is 0.508 e. The van der Waals surface area contributed by atoms with Crippen LogP contribution >= 0.6 is 0 Å². The molecule has 0 radical (unpaired) electrons. The van der Waals surface area contributed by atoms with Crippen molar-refractivity contribution in [3.05, 3.63) is 46.3 Å². The van der Waals surface area contributed by atoms with Gasteiger partial charge < -0.3 is 29.6 Å². The van der Waals surface area contributed by atoms with Crippen LogP contribution in [0.2, 0.25) is 0 Å². The molecule has 0 fully saturated rings. The molecule has 0 amide bonds. The third-order valence-corrected chi connectivity index (χ3v) is 4.94. The number of phenolic OH excluding ortho intramolecular Hbond substituents is 3. The van der Waals surface area contributed by atoms with Gasteiger partial charge in [-0.1, -0.05) is 6.92 Å². The van der Waals surface area contributed by atoms with Gasteiger partial charge in [0.05, 0.1) is 10.9 Å². The van der Waals surface area contributed by atoms with Crippen LogP contribution in [0.25, 0.3) is 22.1 Å². The van der Waals surface area contributed by atoms with E-state index in [2.05, 4.69) is 0 Å². The predicted molar refractivity (Wildman–Crippen MR) is 97.3 cm³/mol. The van der Waals surface area contributed by atoms with Gasteiger partial charge in [-0.25, -0.2) is 4.79 Å². The van der Waals surface area contributed by atoms with Gasteiger partial charge in [-0.3, -0.25) is 0 Å². The molecule has 2 heterocycles. The minimum Gasteiger partial charge on any atom is -0.508 e. The molecule has 140 valence electrons. The van der Waals surface area contributed by atoms with Crippen molar-refractivity contribution in [3.63, 3.8) is 0 Å². The zero-order valence-corrected chi connectivity index (χ0v) is 14.5. The van der Waals surface area contributed by atoms with E-state index in [0.29, 0.717) is 23.3 Å². The summed E-state index contributed by atoms with van der Waals surface area (Å²) < 4.78 is 11.2. The minimum atomic E-state index is -0.664. The highest BCUT2D eigenvalue weighted by molar-refractivity contribution is 5.89. The average molecular weight is 370 g/mol. The maximum atomic E-state index is 12.5. The molecule has 1 aliphatic rings. The molecule has 3 aromatic rings. The third kappa shape index (κ3) is 2.76. The molecular formula is C20H18O7. The lowest BCUT2D eigenvalue weighted by Crippen LogP contribution is -2.25. The highest BCUT2D eigenvalue weighted by Crippen LogP contribution is 2.44. The van der Waals surface area contributed by atoms with E-state index in [1.165, 1.54) is 18.2 Å². The van der Waals surface area contributed by atoms with Crippen LogP contribution in [-0.2, 0) is 6.42 Å². The first-order valence-corrected chi connectivity index (χ1v) is 8.51. The van der Waals surface area contributed by atoms with Gasteiger partial charge in [0.15, 0.2) is 0 Å². The first-order valence-electron chi connectivity index (χ1n) is 8.51. The summed E-state index contributed by atoms with van der Waals surface area (Å²) in [5.74, 6) is -0.169. The van der Waals surface area contributed by atoms with Crippen LogP contribution in [0.15, 0.2) is 39.5 Å². The standard InChI is InChI=1S/C20H18O7/c1-9(8-21)17-7-14-15(23)3-2-11(19(14)26-17)12-6-13-16(24)4-10(22)5-18(13)27-20(12)25/h2-6,9,17,21-24H,7-8H2,1H3. The molecule has 7 nitrogen and oxygen atoms in total. The average Bonchev–Trinajstić information content (AvgIpc) is 3.07. The molecule has 4 rings (SSSR count). The van der Waals surface area contributed by atoms with E-state index in [-0.39, 0.29) is 52.4 Å². The highest BCUT2D eigenvalue weighted by Gasteiger charge is 2.32. The summed E-state index contributed by atoms with van der Waals surface area (Å²) >= 11 is 0. The number of aromatic hydroxyl groups is 3. The Hall–Kier alpha value is -3.19. The van der Waals surface area contributed by atoms with Gasteiger partial charge in [-0.15, -0.1) is 0 Å². The molecule has 0 bridgehead atoms. The Labute approximate surface area is 153 Å². The number of ether oxygens (including phenoxy) is 1. The van der Waals surface area contributed by atoms with Crippen LogP contribution in [0.4, 0.5) is 0 Å². The second kappa shape index (κ2) is 6.21. The zero-order valence-electron chi connectivity index (χ0n) is 14.5. The number of aliphatic hydroxyl groups is 1. The van der Waals surface area contributed by atoms with E-state index < -0.39 is 5.63 Å². The summed E-state index contributed by atoms with van der Waals surface area (Å²) in [6.07, 6.45) is 0.0873. The van der Waals surface area contributed by atoms with Gasteiger partial charge in [-0.2, -0.15) is 0 Å². The molecular weight excluding hydrogens is 352 g/mol. The maximum absolute atomic E-state index is 12.5. The Morgan fingerprint density at radius 3 is 2.63 bits per heavy atom. The number of benzene rings is 2. The number of hydrogen-bond donors (Lipinski definition) is 4. The SMILES string of the molecule is CC(CO)C1Cc2c(O)ccc(-c3cc4c(O)cc(O)cc4oc3=O)c2O1. The molecule has 1 aromatic heterocycles. The molecule has 27 heavy (non-hydrogen) atoms. The quantitative estimate of drug-likeness (QED) is 0.523. The topological polar surface area (TPSA) is 120 Å². The van der Waals surface area contributed by atoms with Gasteiger partial charge >= 0.3 is 5.63 Å². The molecule has 2 aromatic carbocycles. The third-order valence-electron chi connectivity index (χ3n) is 4.94. The summed E-state index contributed by atoms with van der Waals surface area (Å²) in [5, 5.41) is 39.5. The van der Waals surface area contributed by atoms with Crippen LogP contribution in [0.3, 0.4) is 0 Å². The van der Waals surface area contributed by atoms with Crippen molar-refractivity contribution in [2.75, 3.05) is 6.61 Å². The molecule has 0 saturated carbocycles. The first kappa shape index (κ1) is 17.2. The van der Waals surface area contributed by atoms with Crippen molar-refractivity contribution >= 4 is 11.0 Å². The van der Waals surface area contributed by atoms with E-state index in [0.717, 1.165) is 6.07 Å². The Kier molecular flexibility index (Phi) is 3.96. The lowest BCUT2D eigenvalue weighted by molar-refractivity contribution is 0.114. The maximum Gasteiger partial charge on any atom is 0.344 e. The van der Waals surface area contributed by atoms with Crippen LogP contribution in [0.5, 0.6) is 23.0 Å². The summed E-state index contributed by atoms with van der Waals surface area (Å²) in [6, 6.07) is 6.90. The predicted octanol–water partition coefficient (Wildman–Crippen LogP) is 2.51. The van der Waals surface area contributed by atoms with E-state index in [1.54, 1.807) is 6.07 Å². The Balaban J connectivity index is 1.90. The fourth-order valence-corrected chi connectivity index (χ4v) is 3.36. The van der Waals surface area contributed by atoms with Crippen LogP contribution in [0, 0.1) is 5.92 Å². The van der Waals surface area contributed by atoms with Gasteiger partial charge in [0.2, 0.25) is 0 Å². The molecule has 2 atom stereocenters. The number of fused-ring (bicyclic) bond motifs is 2. The Morgan fingerprint density at radius 2 is 1.89 bits per heavy atom. The second-order valence-electron chi connectivity index (χ2n) is 6.78. The van der Waals surface area contributed by atoms with E-state index in [1.807, 2.05) is 6.92 Å². The van der Waals surface area contributed by atoms with Crippen molar-refractivity contribution < 1.29 is 29.6 Å². The monoisotopic (exact) mass is 370 g/mol. The van der Waals surface area contributed by atoms with E-state index in [4.69, 9.17) is 9.15 Å². The summed E-state index contributed by atoms with van der Waals surface area (Å²) in [6.45, 7) is 1.77. The lowest BCUT2D eigenvalue weighted by Gasteiger charge is -2.17. The molecule has 1 aliphatic heterocycles. The van der Waals surface area contributed by atoms with Crippen molar-refractivity contribution in [2.24, 2.45) is 5.92 Å². The van der Waals surface area contributed by atoms with Gasteiger partial charge in [0, 0.05) is 42.2 Å². The van der Waals surface area contributed by atoms with Crippen molar-refractivity contribution in [1.82, 2.24) is 0 Å². The fourth-order valence-electron chi connectivity index (χ4n) is 3.36. The molecule has 2 unspecified atom stereocenters. The fraction of sp³-hybridized carbons (Fsp3) is 0.250. The Bertz CT molecular complexity index is 1100. The Morgan fingerprint density at radius 1 is 1.11 bits per heavy atom. The van der Waals surface area contributed by atoms with Crippen molar-refractivity contribution in [1.29, 1.82) is 0 Å². The number of hydrogen-bond acceptors (Lipinski definition) is 7. The smallest absolute Gasteiger partial charge is 0.344 e. The summed E-state index contributed by atoms with van der Waals surface area (Å²) in [7, 11) is 0. The second-order valence-corrected chi connectivity index (χ2v) is 6.78. The first-order chi connectivity index (χ1) is 12.9. The lowest BCUT2D eigenvalue weighted by atomic mass is 9.97. The summed E-state index contributed by atoms with van der Waals surface area (Å²) in [5.41, 5.74) is 0.551. The number of phenols is 3. The van der Waals surface area contributed by atoms with Crippen molar-refractivity contribution in [3.8, 4) is 34.1 Å². The molecule has 7 heteroatoms. The molecule has 4 N–H and O–H groups in total. The molecule has 0 aliphatic carbocycles. The van der Waals surface area contributed by atoms with Gasteiger partial charge in [0.1, 0.15) is 34.7 Å². The van der Waals surface area contributed by atoms with Crippen LogP contribution < -0.4 is 10.4 Å². The van der Waals surface area contributed by atoms with E-state index >= 15 is 0 Å². The highest BCUT2D eigenvalue weighted by atomic mass is 16.5. The van der Waals surface area contributed by atoms with E-state index in [9.17, 15) is 25.2 Å². The number of aliphatic hydroxyl groups excluding tert-OH is 1. The zero-order chi connectivity index (χ0) is 19.3. The van der Waals surface area contributed by atoms with Crippen LogP contribution in [0.1, 0.15) is 12.5 Å². The molecule has 0 saturated heterocycles. The van der Waals surface area contributed by atoms with Gasteiger partial charge in [0.25, 0.3) is 0 Å². The minimum absolute atomic E-state index is 0.0549. The van der Waals surface area contributed by atoms with Crippen LogP contribution in [-0.4, -0.2) is 33.1 Å². The normalized spacial score (nSPS) is 16.9.